The van der Waals surface area contributed by atoms with Crippen LogP contribution in [0.15, 0.2) is 23.1 Å². The molecule has 4 nitrogen and oxygen atoms in total. The summed E-state index contributed by atoms with van der Waals surface area (Å²) in [6.45, 7) is 1.77. The summed E-state index contributed by atoms with van der Waals surface area (Å²) >= 11 is 0. The summed E-state index contributed by atoms with van der Waals surface area (Å²) in [5.41, 5.74) is -2.49. The van der Waals surface area contributed by atoms with Crippen LogP contribution in [0.2, 0.25) is 0 Å². The Morgan fingerprint density at radius 2 is 2.17 bits per heavy atom. The standard InChI is InChI=1S/C11H10F3NO3/c1-2-18-9(16)4-3-7-5-8(11(12,13)14)10(17)15-6-7/h3-6H,2H2,1H3,(H,15,17). The number of pyridine rings is 1. The second-order valence-corrected chi connectivity index (χ2v) is 3.26. The van der Waals surface area contributed by atoms with Gasteiger partial charge in [0, 0.05) is 12.3 Å². The van der Waals surface area contributed by atoms with E-state index in [1.165, 1.54) is 0 Å². The largest absolute Gasteiger partial charge is 0.463 e. The van der Waals surface area contributed by atoms with Gasteiger partial charge in [-0.3, -0.25) is 4.79 Å². The van der Waals surface area contributed by atoms with Crippen LogP contribution in [0.3, 0.4) is 0 Å². The average molecular weight is 261 g/mol. The Kier molecular flexibility index (Phi) is 4.30. The monoisotopic (exact) mass is 261 g/mol. The molecule has 1 N–H and O–H groups in total. The molecule has 0 radical (unpaired) electrons. The molecule has 0 unspecified atom stereocenters. The van der Waals surface area contributed by atoms with Crippen LogP contribution in [0, 0.1) is 0 Å². The molecule has 0 fully saturated rings. The first-order valence-electron chi connectivity index (χ1n) is 4.99. The van der Waals surface area contributed by atoms with Gasteiger partial charge in [-0.1, -0.05) is 0 Å². The molecule has 18 heavy (non-hydrogen) atoms. The maximum atomic E-state index is 12.4. The Hall–Kier alpha value is -2.05. The van der Waals surface area contributed by atoms with E-state index in [4.69, 9.17) is 0 Å². The van der Waals surface area contributed by atoms with Crippen molar-refractivity contribution in [2.45, 2.75) is 13.1 Å². The molecule has 1 aromatic heterocycles. The first-order chi connectivity index (χ1) is 8.34. The number of H-pyrrole nitrogens is 1. The third kappa shape index (κ3) is 3.76. The smallest absolute Gasteiger partial charge is 0.421 e. The molecule has 0 bridgehead atoms. The molecule has 0 aliphatic rings. The number of hydrogen-bond acceptors (Lipinski definition) is 3. The van der Waals surface area contributed by atoms with Gasteiger partial charge in [0.05, 0.1) is 6.61 Å². The predicted molar refractivity (Wildman–Crippen MR) is 57.7 cm³/mol. The van der Waals surface area contributed by atoms with Gasteiger partial charge in [0.15, 0.2) is 0 Å². The molecule has 0 saturated carbocycles. The van der Waals surface area contributed by atoms with Gasteiger partial charge in [0.25, 0.3) is 5.56 Å². The number of aromatic amines is 1. The number of rotatable bonds is 3. The van der Waals surface area contributed by atoms with Crippen LogP contribution >= 0.6 is 0 Å². The van der Waals surface area contributed by atoms with Crippen molar-refractivity contribution in [3.05, 3.63) is 39.8 Å². The second kappa shape index (κ2) is 5.52. The molecule has 0 aliphatic heterocycles. The van der Waals surface area contributed by atoms with E-state index in [1.54, 1.807) is 6.92 Å². The molecule has 0 atom stereocenters. The third-order valence-electron chi connectivity index (χ3n) is 1.93. The van der Waals surface area contributed by atoms with Crippen LogP contribution in [0.5, 0.6) is 0 Å². The van der Waals surface area contributed by atoms with Gasteiger partial charge < -0.3 is 9.72 Å². The summed E-state index contributed by atoms with van der Waals surface area (Å²) in [6.07, 6.45) is -1.55. The van der Waals surface area contributed by atoms with Gasteiger partial charge in [0.2, 0.25) is 0 Å². The first kappa shape index (κ1) is 14.0. The van der Waals surface area contributed by atoms with E-state index in [-0.39, 0.29) is 12.2 Å². The van der Waals surface area contributed by atoms with Gasteiger partial charge in [-0.25, -0.2) is 4.79 Å². The highest BCUT2D eigenvalue weighted by molar-refractivity contribution is 5.86. The van der Waals surface area contributed by atoms with Gasteiger partial charge in [-0.2, -0.15) is 13.2 Å². The normalized spacial score (nSPS) is 11.8. The van der Waals surface area contributed by atoms with E-state index in [0.717, 1.165) is 18.3 Å². The molecular weight excluding hydrogens is 251 g/mol. The summed E-state index contributed by atoms with van der Waals surface area (Å²) in [7, 11) is 0. The maximum Gasteiger partial charge on any atom is 0.421 e. The zero-order valence-corrected chi connectivity index (χ0v) is 9.38. The van der Waals surface area contributed by atoms with Gasteiger partial charge >= 0.3 is 12.1 Å². The molecule has 0 aromatic carbocycles. The fourth-order valence-electron chi connectivity index (χ4n) is 1.16. The molecule has 1 aromatic rings. The molecule has 7 heteroatoms. The lowest BCUT2D eigenvalue weighted by molar-refractivity contribution is -0.139. The van der Waals surface area contributed by atoms with E-state index < -0.39 is 23.3 Å². The third-order valence-corrected chi connectivity index (χ3v) is 1.93. The van der Waals surface area contributed by atoms with Crippen molar-refractivity contribution in [2.75, 3.05) is 6.61 Å². The zero-order valence-electron chi connectivity index (χ0n) is 9.38. The SMILES string of the molecule is CCOC(=O)C=Cc1c[nH]c(=O)c(C(F)(F)F)c1. The molecular formula is C11H10F3NO3. The van der Waals surface area contributed by atoms with Crippen LogP contribution in [0.1, 0.15) is 18.1 Å². The zero-order chi connectivity index (χ0) is 13.8. The van der Waals surface area contributed by atoms with Gasteiger partial charge in [-0.15, -0.1) is 0 Å². The van der Waals surface area contributed by atoms with E-state index in [9.17, 15) is 22.8 Å². The first-order valence-corrected chi connectivity index (χ1v) is 4.99. The minimum absolute atomic E-state index is 0.0509. The number of nitrogens with one attached hydrogen (secondary N) is 1. The van der Waals surface area contributed by atoms with Crippen molar-refractivity contribution < 1.29 is 22.7 Å². The molecule has 0 aliphatic carbocycles. The van der Waals surface area contributed by atoms with Crippen LogP contribution in [-0.4, -0.2) is 17.6 Å². The van der Waals surface area contributed by atoms with E-state index in [0.29, 0.717) is 6.07 Å². The van der Waals surface area contributed by atoms with Crippen LogP contribution in [0.4, 0.5) is 13.2 Å². The number of aromatic nitrogens is 1. The minimum Gasteiger partial charge on any atom is -0.463 e. The number of hydrogen-bond donors (Lipinski definition) is 1. The van der Waals surface area contributed by atoms with Crippen molar-refractivity contribution >= 4 is 12.0 Å². The quantitative estimate of drug-likeness (QED) is 0.668. The number of ether oxygens (including phenoxy) is 1. The Morgan fingerprint density at radius 1 is 1.50 bits per heavy atom. The van der Waals surface area contributed by atoms with Gasteiger partial charge in [0.1, 0.15) is 5.56 Å². The van der Waals surface area contributed by atoms with Crippen molar-refractivity contribution in [1.29, 1.82) is 0 Å². The van der Waals surface area contributed by atoms with Crippen molar-refractivity contribution in [2.24, 2.45) is 0 Å². The summed E-state index contributed by atoms with van der Waals surface area (Å²) < 4.78 is 41.8. The molecule has 98 valence electrons. The minimum atomic E-state index is -4.73. The molecule has 0 amide bonds. The van der Waals surface area contributed by atoms with E-state index in [2.05, 4.69) is 4.74 Å². The van der Waals surface area contributed by atoms with Gasteiger partial charge in [-0.05, 0) is 24.6 Å². The summed E-state index contributed by atoms with van der Waals surface area (Å²) in [5.74, 6) is -0.669. The van der Waals surface area contributed by atoms with Crippen LogP contribution < -0.4 is 5.56 Å². The molecule has 0 spiro atoms. The predicted octanol–water partition coefficient (Wildman–Crippen LogP) is 1.97. The summed E-state index contributed by atoms with van der Waals surface area (Å²) in [6, 6.07) is 0.661. The highest BCUT2D eigenvalue weighted by Gasteiger charge is 2.33. The fraction of sp³-hybridized carbons (Fsp3) is 0.273. The van der Waals surface area contributed by atoms with Crippen LogP contribution in [0.25, 0.3) is 6.08 Å². The van der Waals surface area contributed by atoms with Crippen LogP contribution in [-0.2, 0) is 15.7 Å². The Balaban J connectivity index is 3.00. The summed E-state index contributed by atoms with van der Waals surface area (Å²) in [4.78, 5) is 23.9. The fourth-order valence-corrected chi connectivity index (χ4v) is 1.16. The Bertz CT molecular complexity index is 517. The molecule has 0 saturated heterocycles. The number of carbonyl (C=O) groups excluding carboxylic acids is 1. The maximum absolute atomic E-state index is 12.4. The number of alkyl halides is 3. The Morgan fingerprint density at radius 3 is 2.72 bits per heavy atom. The lowest BCUT2D eigenvalue weighted by atomic mass is 10.2. The van der Waals surface area contributed by atoms with E-state index >= 15 is 0 Å². The average Bonchev–Trinajstić information content (AvgIpc) is 2.27. The summed E-state index contributed by atoms with van der Waals surface area (Å²) in [5, 5.41) is 0. The van der Waals surface area contributed by atoms with Crippen molar-refractivity contribution in [3.63, 3.8) is 0 Å². The van der Waals surface area contributed by atoms with Crippen molar-refractivity contribution in [1.82, 2.24) is 4.98 Å². The molecule has 1 rings (SSSR count). The lowest BCUT2D eigenvalue weighted by Gasteiger charge is -2.05. The molecule has 1 heterocycles. The number of carbonyl (C=O) groups is 1. The number of esters is 1. The van der Waals surface area contributed by atoms with Crippen molar-refractivity contribution in [3.8, 4) is 0 Å². The van der Waals surface area contributed by atoms with E-state index in [1.807, 2.05) is 4.98 Å². The lowest BCUT2D eigenvalue weighted by Crippen LogP contribution is -2.21. The highest BCUT2D eigenvalue weighted by Crippen LogP contribution is 2.26. The highest BCUT2D eigenvalue weighted by atomic mass is 19.4. The topological polar surface area (TPSA) is 59.2 Å². The second-order valence-electron chi connectivity index (χ2n) is 3.26. The Labute approximate surface area is 100 Å². The number of halogens is 3.